The van der Waals surface area contributed by atoms with Gasteiger partial charge in [-0.2, -0.15) is 0 Å². The molecule has 1 aliphatic carbocycles. The molecule has 1 atom stereocenters. The summed E-state index contributed by atoms with van der Waals surface area (Å²) in [5, 5.41) is 14.4. The second kappa shape index (κ2) is 13.6. The molecule has 210 valence electrons. The number of benzene rings is 3. The summed E-state index contributed by atoms with van der Waals surface area (Å²) >= 11 is 0. The van der Waals surface area contributed by atoms with Crippen molar-refractivity contribution in [3.05, 3.63) is 99.6 Å². The first kappa shape index (κ1) is 28.6. The van der Waals surface area contributed by atoms with Crippen LogP contribution in [0, 0.1) is 17.0 Å². The third-order valence-electron chi connectivity index (χ3n) is 7.12. The fraction of sp³-hybridized carbons (Fsp3) is 0.355. The number of carbonyl (C=O) groups is 2. The van der Waals surface area contributed by atoms with Gasteiger partial charge in [0.05, 0.1) is 12.0 Å². The first-order chi connectivity index (χ1) is 19.3. The van der Waals surface area contributed by atoms with Crippen molar-refractivity contribution in [3.8, 4) is 11.5 Å². The number of hydrogen-bond donors (Lipinski definition) is 1. The Morgan fingerprint density at radius 1 is 1.02 bits per heavy atom. The molecule has 4 rings (SSSR count). The summed E-state index contributed by atoms with van der Waals surface area (Å²) in [6.07, 6.45) is 4.36. The number of nitro groups is 1. The average Bonchev–Trinajstić information content (AvgIpc) is 3.47. The maximum Gasteiger partial charge on any atom is 0.311 e. The van der Waals surface area contributed by atoms with Crippen LogP contribution < -0.4 is 14.8 Å². The fourth-order valence-electron chi connectivity index (χ4n) is 5.06. The van der Waals surface area contributed by atoms with Gasteiger partial charge in [0.25, 0.3) is 5.91 Å². The molecule has 1 saturated carbocycles. The largest absolute Gasteiger partial charge is 0.490 e. The lowest BCUT2D eigenvalue weighted by atomic mass is 10.0. The van der Waals surface area contributed by atoms with Gasteiger partial charge in [-0.25, -0.2) is 0 Å². The smallest absolute Gasteiger partial charge is 0.311 e. The minimum absolute atomic E-state index is 0.0319. The molecule has 0 heterocycles. The highest BCUT2D eigenvalue weighted by atomic mass is 16.6. The van der Waals surface area contributed by atoms with Crippen molar-refractivity contribution in [1.29, 1.82) is 0 Å². The first-order valence-electron chi connectivity index (χ1n) is 13.5. The Balaban J connectivity index is 1.61. The van der Waals surface area contributed by atoms with Crippen LogP contribution in [0.15, 0.2) is 72.8 Å². The predicted molar refractivity (Wildman–Crippen MR) is 151 cm³/mol. The van der Waals surface area contributed by atoms with E-state index in [9.17, 15) is 19.7 Å². The number of nitrogens with zero attached hydrogens (tertiary/aromatic N) is 2. The molecule has 9 heteroatoms. The number of ether oxygens (including phenoxy) is 2. The van der Waals surface area contributed by atoms with Crippen molar-refractivity contribution in [2.24, 2.45) is 0 Å². The predicted octanol–water partition coefficient (Wildman–Crippen LogP) is 4.99. The molecule has 0 saturated heterocycles. The molecular formula is C31H35N3O6. The van der Waals surface area contributed by atoms with Crippen molar-refractivity contribution in [1.82, 2.24) is 10.2 Å². The van der Waals surface area contributed by atoms with Gasteiger partial charge >= 0.3 is 5.69 Å². The van der Waals surface area contributed by atoms with E-state index in [0.717, 1.165) is 42.4 Å². The zero-order valence-electron chi connectivity index (χ0n) is 22.9. The van der Waals surface area contributed by atoms with Gasteiger partial charge in [0, 0.05) is 31.1 Å². The number of amides is 2. The number of nitro benzene ring substituents is 1. The normalized spacial score (nSPS) is 13.8. The number of carbonyl (C=O) groups excluding carboxylic acids is 2. The van der Waals surface area contributed by atoms with Crippen LogP contribution in [0.5, 0.6) is 11.5 Å². The molecule has 9 nitrogen and oxygen atoms in total. The van der Waals surface area contributed by atoms with Crippen LogP contribution >= 0.6 is 0 Å². The third kappa shape index (κ3) is 7.59. The van der Waals surface area contributed by atoms with E-state index in [1.807, 2.05) is 61.5 Å². The molecule has 3 aromatic rings. The van der Waals surface area contributed by atoms with Crippen molar-refractivity contribution < 1.29 is 24.0 Å². The maximum atomic E-state index is 13.8. The Morgan fingerprint density at radius 2 is 1.75 bits per heavy atom. The topological polar surface area (TPSA) is 111 Å². The molecule has 0 spiro atoms. The van der Waals surface area contributed by atoms with Gasteiger partial charge in [-0.3, -0.25) is 19.7 Å². The lowest BCUT2D eigenvalue weighted by Gasteiger charge is -2.32. The molecule has 0 radical (unpaired) electrons. The molecule has 3 aromatic carbocycles. The van der Waals surface area contributed by atoms with Gasteiger partial charge < -0.3 is 19.7 Å². The van der Waals surface area contributed by atoms with Crippen LogP contribution in [-0.4, -0.2) is 47.4 Å². The summed E-state index contributed by atoms with van der Waals surface area (Å²) in [5.74, 6) is -0.277. The first-order valence-corrected chi connectivity index (χ1v) is 13.5. The van der Waals surface area contributed by atoms with E-state index in [0.29, 0.717) is 6.42 Å². The monoisotopic (exact) mass is 545 g/mol. The van der Waals surface area contributed by atoms with E-state index in [-0.39, 0.29) is 48.2 Å². The Hall–Kier alpha value is -4.40. The molecule has 40 heavy (non-hydrogen) atoms. The number of hydrogen-bond acceptors (Lipinski definition) is 6. The molecule has 1 fully saturated rings. The number of methoxy groups -OCH3 is 1. The molecule has 1 aliphatic rings. The second-order valence-electron chi connectivity index (χ2n) is 10.1. The van der Waals surface area contributed by atoms with Gasteiger partial charge in [0.15, 0.2) is 6.61 Å². The van der Waals surface area contributed by atoms with Crippen LogP contribution in [-0.2, 0) is 22.6 Å². The lowest BCUT2D eigenvalue weighted by molar-refractivity contribution is -0.385. The minimum Gasteiger partial charge on any atom is -0.490 e. The highest BCUT2D eigenvalue weighted by molar-refractivity contribution is 5.88. The van der Waals surface area contributed by atoms with Crippen LogP contribution in [0.2, 0.25) is 0 Å². The Bertz CT molecular complexity index is 1320. The number of nitrogens with one attached hydrogen (secondary N) is 1. The quantitative estimate of drug-likeness (QED) is 0.254. The minimum atomic E-state index is -0.758. The molecule has 0 aliphatic heterocycles. The molecular weight excluding hydrogens is 510 g/mol. The van der Waals surface area contributed by atoms with Crippen molar-refractivity contribution >= 4 is 17.5 Å². The van der Waals surface area contributed by atoms with E-state index >= 15 is 0 Å². The Kier molecular flexibility index (Phi) is 9.72. The molecule has 0 aromatic heterocycles. The molecule has 0 bridgehead atoms. The van der Waals surface area contributed by atoms with Crippen molar-refractivity contribution in [2.75, 3.05) is 13.7 Å². The standard InChI is InChI=1S/C31H35N3O6/c1-22-9-8-12-24(17-22)20-33(30(35)21-40-26-15-16-27(34(37)38)29(19-26)39-2)28(18-23-10-4-3-5-11-23)31(36)32-25-13-6-7-14-25/h3-5,8-12,15-17,19,25,28H,6-7,13-14,18,20-21H2,1-2H3,(H,32,36)/t28-/m0/s1. The summed E-state index contributed by atoms with van der Waals surface area (Å²) in [7, 11) is 1.33. The zero-order valence-corrected chi connectivity index (χ0v) is 22.9. The van der Waals surface area contributed by atoms with E-state index in [2.05, 4.69) is 5.32 Å². The maximum absolute atomic E-state index is 13.8. The van der Waals surface area contributed by atoms with Crippen molar-refractivity contribution in [3.63, 3.8) is 0 Å². The van der Waals surface area contributed by atoms with E-state index < -0.39 is 11.0 Å². The number of aryl methyl sites for hydroxylation is 1. The average molecular weight is 546 g/mol. The summed E-state index contributed by atoms with van der Waals surface area (Å²) in [6, 6.07) is 20.9. The van der Waals surface area contributed by atoms with Crippen molar-refractivity contribution in [2.45, 2.75) is 57.7 Å². The van der Waals surface area contributed by atoms with Gasteiger partial charge in [0.1, 0.15) is 11.8 Å². The molecule has 0 unspecified atom stereocenters. The lowest BCUT2D eigenvalue weighted by Crippen LogP contribution is -2.53. The molecule has 1 N–H and O–H groups in total. The Labute approximate surface area is 234 Å². The fourth-order valence-corrected chi connectivity index (χ4v) is 5.06. The van der Waals surface area contributed by atoms with Crippen LogP contribution in [0.1, 0.15) is 42.4 Å². The summed E-state index contributed by atoms with van der Waals surface area (Å²) in [4.78, 5) is 39.8. The SMILES string of the molecule is COc1cc(OCC(=O)N(Cc2cccc(C)c2)[C@@H](Cc2ccccc2)C(=O)NC2CCCC2)ccc1[N+](=O)[O-]. The Morgan fingerprint density at radius 3 is 2.42 bits per heavy atom. The van der Waals surface area contributed by atoms with Gasteiger partial charge in [-0.1, -0.05) is 73.0 Å². The summed E-state index contributed by atoms with van der Waals surface area (Å²) < 4.78 is 10.9. The zero-order chi connectivity index (χ0) is 28.5. The van der Waals surface area contributed by atoms with E-state index in [4.69, 9.17) is 9.47 Å². The van der Waals surface area contributed by atoms with Crippen LogP contribution in [0.3, 0.4) is 0 Å². The summed E-state index contributed by atoms with van der Waals surface area (Å²) in [6.45, 7) is 1.85. The highest BCUT2D eigenvalue weighted by Gasteiger charge is 2.32. The van der Waals surface area contributed by atoms with Crippen LogP contribution in [0.25, 0.3) is 0 Å². The van der Waals surface area contributed by atoms with Gasteiger partial charge in [0.2, 0.25) is 11.7 Å². The van der Waals surface area contributed by atoms with Gasteiger partial charge in [-0.05, 0) is 37.0 Å². The number of rotatable bonds is 12. The van der Waals surface area contributed by atoms with E-state index in [1.54, 1.807) is 4.90 Å². The van der Waals surface area contributed by atoms with Crippen LogP contribution in [0.4, 0.5) is 5.69 Å². The van der Waals surface area contributed by atoms with E-state index in [1.165, 1.54) is 25.3 Å². The molecule has 2 amide bonds. The third-order valence-corrected chi connectivity index (χ3v) is 7.12. The second-order valence-corrected chi connectivity index (χ2v) is 10.1. The summed E-state index contributed by atoms with van der Waals surface area (Å²) in [5.41, 5.74) is 2.69. The van der Waals surface area contributed by atoms with Gasteiger partial charge in [-0.15, -0.1) is 0 Å². The highest BCUT2D eigenvalue weighted by Crippen LogP contribution is 2.31.